The van der Waals surface area contributed by atoms with E-state index in [-0.39, 0.29) is 18.1 Å². The number of pyridine rings is 1. The first kappa shape index (κ1) is 25.8. The number of carboxylic acids is 1. The number of aliphatic hydroxyl groups is 1. The highest BCUT2D eigenvalue weighted by atomic mass is 35.5. The summed E-state index contributed by atoms with van der Waals surface area (Å²) in [5, 5.41) is 23.3. The molecule has 37 heavy (non-hydrogen) atoms. The number of benzene rings is 2. The number of nitrogens with one attached hydrogen (secondary N) is 2. The van der Waals surface area contributed by atoms with Crippen LogP contribution in [-0.4, -0.2) is 54.5 Å². The van der Waals surface area contributed by atoms with Crippen LogP contribution < -0.4 is 11.0 Å². The average Bonchev–Trinajstić information content (AvgIpc) is 3.28. The molecule has 10 nitrogen and oxygen atoms in total. The standard InChI is InChI=1S/C25H21ClFN5O5/c26-17-8-9-19(27)18(11-17)16-6-4-15(5-7-16)13-31(14-21(33)25(36)37)30-24(35)20-12-23(34)32(29-20)22-3-1-2-10-28-22/h1-12,21,29,33H,13-14H2,(H,30,35)(H,36,37). The Bertz CT molecular complexity index is 1470. The third-order valence-electron chi connectivity index (χ3n) is 5.35. The van der Waals surface area contributed by atoms with Crippen LogP contribution in [0, 0.1) is 5.82 Å². The molecule has 0 radical (unpaired) electrons. The summed E-state index contributed by atoms with van der Waals surface area (Å²) >= 11 is 5.97. The zero-order valence-electron chi connectivity index (χ0n) is 19.1. The minimum atomic E-state index is -1.79. The van der Waals surface area contributed by atoms with Gasteiger partial charge in [0.05, 0.1) is 6.54 Å². The number of carboxylic acid groups (broad SMARTS) is 1. The highest BCUT2D eigenvalue weighted by Crippen LogP contribution is 2.26. The molecular formula is C25H21ClFN5O5. The summed E-state index contributed by atoms with van der Waals surface area (Å²) in [6.07, 6.45) is -0.305. The van der Waals surface area contributed by atoms with Crippen molar-refractivity contribution in [3.8, 4) is 16.9 Å². The first-order valence-corrected chi connectivity index (χ1v) is 11.3. The molecule has 0 saturated carbocycles. The summed E-state index contributed by atoms with van der Waals surface area (Å²) in [5.74, 6) is -2.37. The molecule has 2 heterocycles. The van der Waals surface area contributed by atoms with Gasteiger partial charge in [-0.3, -0.25) is 20.1 Å². The van der Waals surface area contributed by atoms with Crippen molar-refractivity contribution in [1.82, 2.24) is 25.2 Å². The van der Waals surface area contributed by atoms with Crippen molar-refractivity contribution in [2.24, 2.45) is 0 Å². The number of aliphatic hydroxyl groups excluding tert-OH is 1. The third kappa shape index (κ3) is 6.28. The second kappa shape index (κ2) is 11.2. The third-order valence-corrected chi connectivity index (χ3v) is 5.58. The fourth-order valence-corrected chi connectivity index (χ4v) is 3.71. The van der Waals surface area contributed by atoms with E-state index in [2.05, 4.69) is 15.5 Å². The van der Waals surface area contributed by atoms with E-state index in [4.69, 9.17) is 16.7 Å². The van der Waals surface area contributed by atoms with Crippen LogP contribution >= 0.6 is 11.6 Å². The van der Waals surface area contributed by atoms with E-state index >= 15 is 0 Å². The lowest BCUT2D eigenvalue weighted by Crippen LogP contribution is -2.47. The van der Waals surface area contributed by atoms with Crippen LogP contribution in [0.3, 0.4) is 0 Å². The number of carbonyl (C=O) groups is 2. The van der Waals surface area contributed by atoms with E-state index in [0.29, 0.717) is 21.7 Å². The quantitative estimate of drug-likeness (QED) is 0.246. The number of aromatic amines is 1. The number of nitrogens with zero attached hydrogens (tertiary/aromatic N) is 3. The van der Waals surface area contributed by atoms with E-state index in [1.807, 2.05) is 0 Å². The Kier molecular flexibility index (Phi) is 7.77. The number of carbonyl (C=O) groups excluding carboxylic acids is 1. The molecule has 190 valence electrons. The van der Waals surface area contributed by atoms with Crippen LogP contribution in [0.15, 0.2) is 77.7 Å². The summed E-state index contributed by atoms with van der Waals surface area (Å²) in [6.45, 7) is -0.448. The van der Waals surface area contributed by atoms with Gasteiger partial charge in [0.25, 0.3) is 11.5 Å². The Morgan fingerprint density at radius 3 is 2.57 bits per heavy atom. The van der Waals surface area contributed by atoms with E-state index in [9.17, 15) is 23.9 Å². The number of halogens is 2. The van der Waals surface area contributed by atoms with Crippen molar-refractivity contribution in [2.45, 2.75) is 12.6 Å². The number of H-pyrrole nitrogens is 1. The molecule has 0 aliphatic carbocycles. The van der Waals surface area contributed by atoms with Crippen molar-refractivity contribution >= 4 is 23.5 Å². The molecule has 0 fully saturated rings. The van der Waals surface area contributed by atoms with Crippen LogP contribution in [0.2, 0.25) is 5.02 Å². The van der Waals surface area contributed by atoms with Gasteiger partial charge < -0.3 is 10.2 Å². The van der Waals surface area contributed by atoms with Gasteiger partial charge in [0.2, 0.25) is 0 Å². The zero-order valence-corrected chi connectivity index (χ0v) is 19.9. The second-order valence-electron chi connectivity index (χ2n) is 8.03. The lowest BCUT2D eigenvalue weighted by Gasteiger charge is -2.24. The Labute approximate surface area is 214 Å². The predicted octanol–water partition coefficient (Wildman–Crippen LogP) is 2.61. The monoisotopic (exact) mass is 525 g/mol. The molecule has 12 heteroatoms. The van der Waals surface area contributed by atoms with Gasteiger partial charge >= 0.3 is 5.97 Å². The van der Waals surface area contributed by atoms with Gasteiger partial charge in [-0.25, -0.2) is 23.9 Å². The van der Waals surface area contributed by atoms with Crippen molar-refractivity contribution in [3.05, 3.63) is 105 Å². The summed E-state index contributed by atoms with van der Waals surface area (Å²) in [7, 11) is 0. The number of aromatic nitrogens is 3. The minimum absolute atomic E-state index is 0.000427. The van der Waals surface area contributed by atoms with Gasteiger partial charge in [-0.2, -0.15) is 0 Å². The van der Waals surface area contributed by atoms with Crippen molar-refractivity contribution in [3.63, 3.8) is 0 Å². The van der Waals surface area contributed by atoms with Crippen molar-refractivity contribution in [2.75, 3.05) is 6.54 Å². The second-order valence-corrected chi connectivity index (χ2v) is 8.46. The molecular weight excluding hydrogens is 505 g/mol. The highest BCUT2D eigenvalue weighted by Gasteiger charge is 2.22. The largest absolute Gasteiger partial charge is 0.479 e. The zero-order chi connectivity index (χ0) is 26.5. The fourth-order valence-electron chi connectivity index (χ4n) is 3.54. The molecule has 0 spiro atoms. The van der Waals surface area contributed by atoms with Gasteiger partial charge in [0.1, 0.15) is 11.5 Å². The summed E-state index contributed by atoms with van der Waals surface area (Å²) in [6, 6.07) is 16.9. The molecule has 0 aliphatic heterocycles. The molecule has 1 unspecified atom stereocenters. The summed E-state index contributed by atoms with van der Waals surface area (Å²) in [4.78, 5) is 40.5. The smallest absolute Gasteiger partial charge is 0.333 e. The molecule has 2 aromatic carbocycles. The van der Waals surface area contributed by atoms with E-state index in [1.165, 1.54) is 29.4 Å². The molecule has 4 aromatic rings. The van der Waals surface area contributed by atoms with Gasteiger partial charge in [0, 0.05) is 29.4 Å². The highest BCUT2D eigenvalue weighted by molar-refractivity contribution is 6.30. The Morgan fingerprint density at radius 2 is 1.89 bits per heavy atom. The number of hydrogen-bond donors (Lipinski definition) is 4. The fraction of sp³-hybridized carbons (Fsp3) is 0.120. The van der Waals surface area contributed by atoms with Crippen molar-refractivity contribution in [1.29, 1.82) is 0 Å². The molecule has 0 saturated heterocycles. The SMILES string of the molecule is O=C(NN(Cc1ccc(-c2cc(Cl)ccc2F)cc1)CC(O)C(=O)O)c1cc(=O)n(-c2ccccn2)[nH]1. The van der Waals surface area contributed by atoms with Crippen LogP contribution in [0.5, 0.6) is 0 Å². The number of amides is 1. The Balaban J connectivity index is 1.53. The maximum atomic E-state index is 14.2. The normalized spacial score (nSPS) is 11.9. The van der Waals surface area contributed by atoms with Gasteiger partial charge in [-0.1, -0.05) is 41.9 Å². The maximum absolute atomic E-state index is 14.2. The summed E-state index contributed by atoms with van der Waals surface area (Å²) < 4.78 is 15.3. The molecule has 1 atom stereocenters. The van der Waals surface area contributed by atoms with E-state index in [0.717, 1.165) is 10.7 Å². The molecule has 0 bridgehead atoms. The lowest BCUT2D eigenvalue weighted by molar-refractivity contribution is -0.148. The van der Waals surface area contributed by atoms with Crippen LogP contribution in [0.1, 0.15) is 16.1 Å². The van der Waals surface area contributed by atoms with Gasteiger partial charge in [-0.15, -0.1) is 0 Å². The molecule has 1 amide bonds. The van der Waals surface area contributed by atoms with E-state index in [1.54, 1.807) is 42.5 Å². The summed E-state index contributed by atoms with van der Waals surface area (Å²) in [5.41, 5.74) is 3.40. The first-order chi connectivity index (χ1) is 17.7. The number of hydrogen-bond acceptors (Lipinski definition) is 6. The average molecular weight is 526 g/mol. The predicted molar refractivity (Wildman–Crippen MR) is 133 cm³/mol. The number of hydrazine groups is 1. The van der Waals surface area contributed by atoms with E-state index < -0.39 is 35.9 Å². The lowest BCUT2D eigenvalue weighted by atomic mass is 10.0. The number of rotatable bonds is 9. The number of aliphatic carboxylic acids is 1. The van der Waals surface area contributed by atoms with Crippen LogP contribution in [0.4, 0.5) is 4.39 Å². The Hall–Kier alpha value is -4.32. The molecule has 2 aromatic heterocycles. The topological polar surface area (TPSA) is 141 Å². The molecule has 0 aliphatic rings. The van der Waals surface area contributed by atoms with Crippen LogP contribution in [0.25, 0.3) is 16.9 Å². The maximum Gasteiger partial charge on any atom is 0.333 e. The van der Waals surface area contributed by atoms with Crippen molar-refractivity contribution < 1.29 is 24.2 Å². The van der Waals surface area contributed by atoms with Crippen LogP contribution in [-0.2, 0) is 11.3 Å². The molecule has 4 N–H and O–H groups in total. The minimum Gasteiger partial charge on any atom is -0.479 e. The first-order valence-electron chi connectivity index (χ1n) is 11.0. The van der Waals surface area contributed by atoms with Gasteiger partial charge in [0.15, 0.2) is 11.9 Å². The Morgan fingerprint density at radius 1 is 1.14 bits per heavy atom. The molecule has 4 rings (SSSR count). The van der Waals surface area contributed by atoms with Gasteiger partial charge in [-0.05, 0) is 41.5 Å².